The van der Waals surface area contributed by atoms with Crippen LogP contribution in [0.5, 0.6) is 0 Å². The molecule has 1 aromatic rings. The highest BCUT2D eigenvalue weighted by molar-refractivity contribution is 7.80. The van der Waals surface area contributed by atoms with E-state index in [4.69, 9.17) is 17.0 Å². The van der Waals surface area contributed by atoms with E-state index in [1.807, 2.05) is 30.3 Å². The molecule has 74 valence electrons. The number of benzene rings is 1. The molecule has 0 aliphatic carbocycles. The van der Waals surface area contributed by atoms with Crippen LogP contribution in [-0.2, 0) is 4.74 Å². The van der Waals surface area contributed by atoms with Gasteiger partial charge in [0.1, 0.15) is 6.61 Å². The number of thiocarbonyl (C=S) groups is 1. The zero-order valence-electron chi connectivity index (χ0n) is 7.80. The Balaban J connectivity index is 2.38. The topological polar surface area (TPSA) is 32.7 Å². The van der Waals surface area contributed by atoms with Crippen LogP contribution >= 0.6 is 12.2 Å². The summed E-state index contributed by atoms with van der Waals surface area (Å²) in [4.78, 5) is 1.61. The van der Waals surface area contributed by atoms with E-state index >= 15 is 0 Å². The first-order valence-electron chi connectivity index (χ1n) is 4.36. The van der Waals surface area contributed by atoms with Crippen LogP contribution in [0.2, 0.25) is 0 Å². The lowest BCUT2D eigenvalue weighted by Gasteiger charge is -2.27. The Morgan fingerprint density at radius 3 is 2.57 bits per heavy atom. The Kier molecular flexibility index (Phi) is 2.17. The molecule has 1 aliphatic rings. The quantitative estimate of drug-likeness (QED) is 0.711. The van der Waals surface area contributed by atoms with Crippen LogP contribution in [0, 0.1) is 0 Å². The average Bonchev–Trinajstić information content (AvgIpc) is 2.42. The number of ether oxygens (including phenoxy) is 1. The smallest absolute Gasteiger partial charge is 0.266 e. The van der Waals surface area contributed by atoms with Gasteiger partial charge in [0.2, 0.25) is 0 Å². The molecule has 1 saturated heterocycles. The molecule has 0 aromatic heterocycles. The van der Waals surface area contributed by atoms with E-state index in [1.54, 1.807) is 11.8 Å². The second kappa shape index (κ2) is 3.22. The van der Waals surface area contributed by atoms with E-state index in [0.29, 0.717) is 5.17 Å². The van der Waals surface area contributed by atoms with Crippen LogP contribution in [0.4, 0.5) is 5.69 Å². The number of aliphatic hydroxyl groups is 1. The fraction of sp³-hybridized carbons (Fsp3) is 0.300. The number of nitrogens with zero attached hydrogens (tertiary/aromatic N) is 1. The number of para-hydroxylation sites is 1. The fourth-order valence-corrected chi connectivity index (χ4v) is 1.85. The van der Waals surface area contributed by atoms with Gasteiger partial charge in [-0.25, -0.2) is 0 Å². The monoisotopic (exact) mass is 209 g/mol. The average molecular weight is 209 g/mol. The number of anilines is 1. The largest absolute Gasteiger partial charge is 0.465 e. The molecule has 0 bridgehead atoms. The third kappa shape index (κ3) is 1.47. The molecule has 1 aliphatic heterocycles. The number of hydrogen-bond acceptors (Lipinski definition) is 3. The van der Waals surface area contributed by atoms with Crippen LogP contribution in [-0.4, -0.2) is 22.6 Å². The first kappa shape index (κ1) is 9.43. The number of rotatable bonds is 1. The molecule has 3 nitrogen and oxygen atoms in total. The van der Waals surface area contributed by atoms with E-state index < -0.39 is 5.72 Å². The van der Waals surface area contributed by atoms with Crippen molar-refractivity contribution in [1.82, 2.24) is 0 Å². The molecule has 1 heterocycles. The lowest BCUT2D eigenvalue weighted by atomic mass is 10.2. The minimum atomic E-state index is -1.04. The summed E-state index contributed by atoms with van der Waals surface area (Å²) in [6.45, 7) is 1.89. The van der Waals surface area contributed by atoms with Crippen molar-refractivity contribution < 1.29 is 9.84 Å². The summed E-state index contributed by atoms with van der Waals surface area (Å²) in [5.74, 6) is 0. The predicted octanol–water partition coefficient (Wildman–Crippen LogP) is 1.52. The third-order valence-corrected chi connectivity index (χ3v) is 2.45. The summed E-state index contributed by atoms with van der Waals surface area (Å²) in [5.41, 5.74) is -0.196. The molecular weight excluding hydrogens is 198 g/mol. The highest BCUT2D eigenvalue weighted by atomic mass is 32.1. The SMILES string of the molecule is CC1(O)COC(=S)N1c1ccccc1. The molecule has 1 atom stereocenters. The molecule has 0 amide bonds. The van der Waals surface area contributed by atoms with E-state index in [0.717, 1.165) is 5.69 Å². The lowest BCUT2D eigenvalue weighted by molar-refractivity contribution is 0.0498. The Bertz CT molecular complexity index is 350. The summed E-state index contributed by atoms with van der Waals surface area (Å²) >= 11 is 5.02. The molecule has 4 heteroatoms. The first-order valence-corrected chi connectivity index (χ1v) is 4.76. The summed E-state index contributed by atoms with van der Waals surface area (Å²) < 4.78 is 5.14. The Hall–Kier alpha value is -1.13. The van der Waals surface area contributed by atoms with Crippen LogP contribution < -0.4 is 4.90 Å². The maximum absolute atomic E-state index is 9.99. The predicted molar refractivity (Wildman–Crippen MR) is 58.1 cm³/mol. The second-order valence-electron chi connectivity index (χ2n) is 3.44. The molecule has 1 N–H and O–H groups in total. The van der Waals surface area contributed by atoms with Crippen molar-refractivity contribution in [2.45, 2.75) is 12.6 Å². The minimum Gasteiger partial charge on any atom is -0.465 e. The molecule has 2 rings (SSSR count). The van der Waals surface area contributed by atoms with Crippen molar-refractivity contribution in [2.24, 2.45) is 0 Å². The Morgan fingerprint density at radius 1 is 1.43 bits per heavy atom. The normalized spacial score (nSPS) is 26.4. The van der Waals surface area contributed by atoms with Gasteiger partial charge in [0.25, 0.3) is 5.17 Å². The van der Waals surface area contributed by atoms with Gasteiger partial charge >= 0.3 is 0 Å². The van der Waals surface area contributed by atoms with Gasteiger partial charge in [0, 0.05) is 5.69 Å². The Labute approximate surface area is 87.9 Å². The van der Waals surface area contributed by atoms with Crippen molar-refractivity contribution >= 4 is 23.1 Å². The summed E-state index contributed by atoms with van der Waals surface area (Å²) in [7, 11) is 0. The second-order valence-corrected chi connectivity index (χ2v) is 3.79. The molecule has 1 fully saturated rings. The summed E-state index contributed by atoms with van der Waals surface area (Å²) in [5, 5.41) is 10.3. The molecule has 0 spiro atoms. The zero-order valence-corrected chi connectivity index (χ0v) is 8.62. The number of hydrogen-bond donors (Lipinski definition) is 1. The van der Waals surface area contributed by atoms with Gasteiger partial charge in [-0.15, -0.1) is 0 Å². The van der Waals surface area contributed by atoms with Crippen LogP contribution in [0.15, 0.2) is 30.3 Å². The minimum absolute atomic E-state index is 0.209. The third-order valence-electron chi connectivity index (χ3n) is 2.15. The maximum atomic E-state index is 9.99. The van der Waals surface area contributed by atoms with Crippen LogP contribution in [0.25, 0.3) is 0 Å². The lowest BCUT2D eigenvalue weighted by Crippen LogP contribution is -2.44. The fourth-order valence-electron chi connectivity index (χ4n) is 1.48. The van der Waals surface area contributed by atoms with Crippen molar-refractivity contribution in [3.63, 3.8) is 0 Å². The highest BCUT2D eigenvalue weighted by Crippen LogP contribution is 2.28. The van der Waals surface area contributed by atoms with Gasteiger partial charge in [-0.2, -0.15) is 0 Å². The molecule has 0 saturated carbocycles. The van der Waals surface area contributed by atoms with Gasteiger partial charge in [0.15, 0.2) is 5.72 Å². The van der Waals surface area contributed by atoms with Gasteiger partial charge in [-0.1, -0.05) is 18.2 Å². The maximum Gasteiger partial charge on any atom is 0.266 e. The Morgan fingerprint density at radius 2 is 2.07 bits per heavy atom. The van der Waals surface area contributed by atoms with E-state index in [9.17, 15) is 5.11 Å². The standard InChI is InChI=1S/C10H11NO2S/c1-10(12)7-13-9(14)11(10)8-5-3-2-4-6-8/h2-6,12H,7H2,1H3. The van der Waals surface area contributed by atoms with E-state index in [2.05, 4.69) is 0 Å². The summed E-state index contributed by atoms with van der Waals surface area (Å²) in [6.07, 6.45) is 0. The van der Waals surface area contributed by atoms with Gasteiger partial charge < -0.3 is 9.84 Å². The highest BCUT2D eigenvalue weighted by Gasteiger charge is 2.40. The van der Waals surface area contributed by atoms with Crippen molar-refractivity contribution in [1.29, 1.82) is 0 Å². The van der Waals surface area contributed by atoms with E-state index in [-0.39, 0.29) is 6.61 Å². The molecule has 1 aromatic carbocycles. The molecule has 14 heavy (non-hydrogen) atoms. The van der Waals surface area contributed by atoms with Gasteiger partial charge in [-0.05, 0) is 31.3 Å². The van der Waals surface area contributed by atoms with Crippen LogP contribution in [0.3, 0.4) is 0 Å². The molecular formula is C10H11NO2S. The zero-order chi connectivity index (χ0) is 10.2. The van der Waals surface area contributed by atoms with Crippen LogP contribution in [0.1, 0.15) is 6.92 Å². The van der Waals surface area contributed by atoms with Gasteiger partial charge in [0.05, 0.1) is 0 Å². The van der Waals surface area contributed by atoms with Crippen molar-refractivity contribution in [3.05, 3.63) is 30.3 Å². The molecule has 1 unspecified atom stereocenters. The van der Waals surface area contributed by atoms with Crippen molar-refractivity contribution in [3.8, 4) is 0 Å². The molecule has 0 radical (unpaired) electrons. The van der Waals surface area contributed by atoms with Gasteiger partial charge in [-0.3, -0.25) is 4.90 Å². The van der Waals surface area contributed by atoms with E-state index in [1.165, 1.54) is 0 Å². The first-order chi connectivity index (χ1) is 6.61. The van der Waals surface area contributed by atoms with Crippen molar-refractivity contribution in [2.75, 3.05) is 11.5 Å². The summed E-state index contributed by atoms with van der Waals surface area (Å²) in [6, 6.07) is 9.47.